The summed E-state index contributed by atoms with van der Waals surface area (Å²) >= 11 is 0. The van der Waals surface area contributed by atoms with E-state index in [1.807, 2.05) is 0 Å². The second-order valence-corrected chi connectivity index (χ2v) is 7.05. The minimum atomic E-state index is -0.458. The van der Waals surface area contributed by atoms with Gasteiger partial charge in [0, 0.05) is 31.3 Å². The lowest BCUT2D eigenvalue weighted by Crippen LogP contribution is -2.30. The number of carbonyl (C=O) groups is 1. The first kappa shape index (κ1) is 18.3. The van der Waals surface area contributed by atoms with Crippen molar-refractivity contribution in [3.63, 3.8) is 0 Å². The zero-order valence-corrected chi connectivity index (χ0v) is 16.2. The van der Waals surface area contributed by atoms with Crippen LogP contribution in [0.1, 0.15) is 12.8 Å². The van der Waals surface area contributed by atoms with E-state index in [1.165, 1.54) is 18.3 Å². The molecule has 0 atom stereocenters. The summed E-state index contributed by atoms with van der Waals surface area (Å²) in [4.78, 5) is 16.7. The first-order valence-electron chi connectivity index (χ1n) is 9.61. The highest BCUT2D eigenvalue weighted by atomic mass is 19.1. The lowest BCUT2D eigenvalue weighted by Gasteiger charge is -2.21. The van der Waals surface area contributed by atoms with Crippen molar-refractivity contribution < 1.29 is 18.7 Å². The molecule has 0 unspecified atom stereocenters. The molecule has 2 aromatic heterocycles. The van der Waals surface area contributed by atoms with Crippen molar-refractivity contribution in [2.24, 2.45) is 0 Å². The van der Waals surface area contributed by atoms with Crippen molar-refractivity contribution >= 4 is 34.7 Å². The van der Waals surface area contributed by atoms with Gasteiger partial charge in [-0.1, -0.05) is 0 Å². The number of carbonyl (C=O) groups excluding carboxylic acids is 1. The highest BCUT2D eigenvalue weighted by Crippen LogP contribution is 2.40. The predicted octanol–water partition coefficient (Wildman–Crippen LogP) is 2.71. The summed E-state index contributed by atoms with van der Waals surface area (Å²) in [6.07, 6.45) is 3.50. The summed E-state index contributed by atoms with van der Waals surface area (Å²) in [5.41, 5.74) is 1.27. The molecular weight excluding hydrogens is 393 g/mol. The van der Waals surface area contributed by atoms with E-state index in [2.05, 4.69) is 31.3 Å². The molecule has 2 amide bonds. The van der Waals surface area contributed by atoms with Gasteiger partial charge < -0.3 is 30.7 Å². The van der Waals surface area contributed by atoms with Gasteiger partial charge in [0.05, 0.1) is 11.9 Å². The fourth-order valence-electron chi connectivity index (χ4n) is 3.22. The molecule has 1 aromatic carbocycles. The van der Waals surface area contributed by atoms with Crippen molar-refractivity contribution in [2.75, 3.05) is 36.2 Å². The molecule has 4 N–H and O–H groups in total. The Balaban J connectivity index is 1.49. The van der Waals surface area contributed by atoms with Crippen molar-refractivity contribution in [2.45, 2.75) is 18.9 Å². The molecule has 11 heteroatoms. The molecule has 10 nitrogen and oxygen atoms in total. The largest absolute Gasteiger partial charge is 0.486 e. The standard InChI is InChI=1S/C19H20FN7O3/c1-21-16-8-15(24-12-6-10(20)7-14-17(12)30-5-4-29-14)26-18-13(9-22-27(16)18)25-19(28)23-11-2-3-11/h6-9,11,21H,2-5H2,1H3,(H,24,26)(H2,23,25,28). The van der Waals surface area contributed by atoms with E-state index in [0.717, 1.165) is 12.8 Å². The molecule has 1 aliphatic heterocycles. The number of halogens is 1. The molecule has 1 fully saturated rings. The van der Waals surface area contributed by atoms with Gasteiger partial charge in [0.25, 0.3) is 0 Å². The molecule has 0 radical (unpaired) electrons. The van der Waals surface area contributed by atoms with E-state index >= 15 is 0 Å². The minimum Gasteiger partial charge on any atom is -0.486 e. The highest BCUT2D eigenvalue weighted by Gasteiger charge is 2.24. The highest BCUT2D eigenvalue weighted by molar-refractivity contribution is 5.93. The zero-order valence-electron chi connectivity index (χ0n) is 16.2. The maximum atomic E-state index is 14.0. The normalized spacial score (nSPS) is 15.0. The second-order valence-electron chi connectivity index (χ2n) is 7.05. The third-order valence-electron chi connectivity index (χ3n) is 4.76. The number of hydrogen-bond acceptors (Lipinski definition) is 7. The minimum absolute atomic E-state index is 0.228. The molecule has 0 spiro atoms. The number of aromatic nitrogens is 3. The molecule has 30 heavy (non-hydrogen) atoms. The average Bonchev–Trinajstić information content (AvgIpc) is 3.46. The molecule has 0 bridgehead atoms. The van der Waals surface area contributed by atoms with Gasteiger partial charge in [-0.25, -0.2) is 14.2 Å². The van der Waals surface area contributed by atoms with Crippen LogP contribution >= 0.6 is 0 Å². The van der Waals surface area contributed by atoms with Gasteiger partial charge in [-0.05, 0) is 12.8 Å². The van der Waals surface area contributed by atoms with Crippen LogP contribution in [0.25, 0.3) is 5.65 Å². The predicted molar refractivity (Wildman–Crippen MR) is 108 cm³/mol. The van der Waals surface area contributed by atoms with Gasteiger partial charge in [-0.15, -0.1) is 0 Å². The van der Waals surface area contributed by atoms with Crippen LogP contribution in [-0.2, 0) is 0 Å². The topological polar surface area (TPSA) is 114 Å². The van der Waals surface area contributed by atoms with Crippen molar-refractivity contribution in [1.29, 1.82) is 0 Å². The second kappa shape index (κ2) is 7.25. The Kier molecular flexibility index (Phi) is 4.42. The number of anilines is 4. The van der Waals surface area contributed by atoms with Crippen LogP contribution in [0.4, 0.5) is 32.2 Å². The van der Waals surface area contributed by atoms with E-state index in [4.69, 9.17) is 9.47 Å². The maximum absolute atomic E-state index is 14.0. The van der Waals surface area contributed by atoms with E-state index < -0.39 is 5.82 Å². The molecule has 3 aromatic rings. The number of nitrogens with zero attached hydrogens (tertiary/aromatic N) is 3. The number of hydrogen-bond donors (Lipinski definition) is 4. The number of benzene rings is 1. The third kappa shape index (κ3) is 3.49. The molecule has 0 saturated heterocycles. The lowest BCUT2D eigenvalue weighted by atomic mass is 10.2. The first-order valence-corrected chi connectivity index (χ1v) is 9.61. The smallest absolute Gasteiger partial charge is 0.319 e. The molecule has 3 heterocycles. The zero-order chi connectivity index (χ0) is 20.7. The van der Waals surface area contributed by atoms with Crippen LogP contribution in [0.15, 0.2) is 24.4 Å². The Morgan fingerprint density at radius 2 is 2.03 bits per heavy atom. The molecule has 1 saturated carbocycles. The first-order chi connectivity index (χ1) is 14.6. The summed E-state index contributed by atoms with van der Waals surface area (Å²) in [6, 6.07) is 4.24. The summed E-state index contributed by atoms with van der Waals surface area (Å²) in [5, 5.41) is 16.1. The molecule has 156 valence electrons. The van der Waals surface area contributed by atoms with Gasteiger partial charge in [-0.2, -0.15) is 9.61 Å². The van der Waals surface area contributed by atoms with E-state index in [9.17, 15) is 9.18 Å². The van der Waals surface area contributed by atoms with Crippen LogP contribution in [0.2, 0.25) is 0 Å². The number of rotatable bonds is 5. The molecule has 5 rings (SSSR count). The quantitative estimate of drug-likeness (QED) is 0.509. The Hall–Kier alpha value is -3.76. The van der Waals surface area contributed by atoms with Crippen molar-refractivity contribution in [1.82, 2.24) is 19.9 Å². The Morgan fingerprint density at radius 1 is 1.20 bits per heavy atom. The number of ether oxygens (including phenoxy) is 2. The Morgan fingerprint density at radius 3 is 2.83 bits per heavy atom. The monoisotopic (exact) mass is 413 g/mol. The van der Waals surface area contributed by atoms with Gasteiger partial charge in [-0.3, -0.25) is 0 Å². The van der Waals surface area contributed by atoms with Gasteiger partial charge in [0.2, 0.25) is 0 Å². The van der Waals surface area contributed by atoms with Crippen LogP contribution in [0.5, 0.6) is 11.5 Å². The number of nitrogens with one attached hydrogen (secondary N) is 4. The van der Waals surface area contributed by atoms with E-state index in [1.54, 1.807) is 17.6 Å². The molecular formula is C19H20FN7O3. The summed E-state index contributed by atoms with van der Waals surface area (Å²) in [5.74, 6) is 1.34. The molecule has 1 aliphatic carbocycles. The Labute approximate surface area is 170 Å². The van der Waals surface area contributed by atoms with Crippen LogP contribution < -0.4 is 30.7 Å². The maximum Gasteiger partial charge on any atom is 0.319 e. The third-order valence-corrected chi connectivity index (χ3v) is 4.76. The van der Waals surface area contributed by atoms with E-state index in [-0.39, 0.29) is 12.1 Å². The van der Waals surface area contributed by atoms with Crippen molar-refractivity contribution in [3.05, 3.63) is 30.2 Å². The number of urea groups is 1. The van der Waals surface area contributed by atoms with Crippen LogP contribution in [0, 0.1) is 5.82 Å². The fourth-order valence-corrected chi connectivity index (χ4v) is 3.22. The van der Waals surface area contributed by atoms with Crippen molar-refractivity contribution in [3.8, 4) is 11.5 Å². The fraction of sp³-hybridized carbons (Fsp3) is 0.316. The number of amides is 2. The van der Waals surface area contributed by atoms with Gasteiger partial charge in [0.1, 0.15) is 36.4 Å². The number of fused-ring (bicyclic) bond motifs is 2. The summed E-state index contributed by atoms with van der Waals surface area (Å²) in [6.45, 7) is 0.728. The van der Waals surface area contributed by atoms with Gasteiger partial charge >= 0.3 is 6.03 Å². The lowest BCUT2D eigenvalue weighted by molar-refractivity contribution is 0.172. The average molecular weight is 413 g/mol. The van der Waals surface area contributed by atoms with Crippen LogP contribution in [0.3, 0.4) is 0 Å². The summed E-state index contributed by atoms with van der Waals surface area (Å²) in [7, 11) is 1.74. The van der Waals surface area contributed by atoms with E-state index in [0.29, 0.717) is 53.4 Å². The molecule has 2 aliphatic rings. The summed E-state index contributed by atoms with van der Waals surface area (Å²) < 4.78 is 26.7. The SMILES string of the molecule is CNc1cc(Nc2cc(F)cc3c2OCCO3)nc2c(NC(=O)NC3CC3)cnn12. The van der Waals surface area contributed by atoms with Gasteiger partial charge in [0.15, 0.2) is 17.1 Å². The Bertz CT molecular complexity index is 1130. The van der Waals surface area contributed by atoms with Crippen LogP contribution in [-0.4, -0.2) is 46.9 Å².